The summed E-state index contributed by atoms with van der Waals surface area (Å²) in [6, 6.07) is 0. The van der Waals surface area contributed by atoms with Crippen LogP contribution in [0.1, 0.15) is 98.3 Å². The molecule has 0 unspecified atom stereocenters. The van der Waals surface area contributed by atoms with Crippen LogP contribution in [0.3, 0.4) is 0 Å². The molecule has 0 amide bonds. The van der Waals surface area contributed by atoms with E-state index in [2.05, 4.69) is 19.9 Å². The fourth-order valence-corrected chi connectivity index (χ4v) is 9.76. The summed E-state index contributed by atoms with van der Waals surface area (Å²) < 4.78 is 5.59. The third-order valence-corrected chi connectivity index (χ3v) is 11.0. The van der Waals surface area contributed by atoms with Crippen molar-refractivity contribution in [3.63, 3.8) is 0 Å². The summed E-state index contributed by atoms with van der Waals surface area (Å²) in [6.07, 6.45) is 15.6. The Morgan fingerprint density at radius 2 is 1.80 bits per heavy atom. The van der Waals surface area contributed by atoms with Gasteiger partial charge in [0.05, 0.1) is 0 Å². The second-order valence-electron chi connectivity index (χ2n) is 11.9. The molecule has 4 saturated carbocycles. The summed E-state index contributed by atoms with van der Waals surface area (Å²) in [7, 11) is 0. The number of ketones is 1. The summed E-state index contributed by atoms with van der Waals surface area (Å²) in [5.74, 6) is 3.13. The van der Waals surface area contributed by atoms with Crippen molar-refractivity contribution in [1.29, 1.82) is 0 Å². The molecule has 3 heteroatoms. The number of hydrogen-bond donors (Lipinski definition) is 0. The largest absolute Gasteiger partial charge is 0.462 e. The number of ether oxygens (including phenoxy) is 1. The monoisotopic (exact) mass is 412 g/mol. The van der Waals surface area contributed by atoms with Crippen molar-refractivity contribution in [1.82, 2.24) is 0 Å². The summed E-state index contributed by atoms with van der Waals surface area (Å²) in [4.78, 5) is 24.7. The van der Waals surface area contributed by atoms with Gasteiger partial charge in [0.25, 0.3) is 0 Å². The van der Waals surface area contributed by atoms with Crippen LogP contribution >= 0.6 is 0 Å². The van der Waals surface area contributed by atoms with E-state index in [-0.39, 0.29) is 28.3 Å². The van der Waals surface area contributed by atoms with Crippen LogP contribution in [0, 0.1) is 39.9 Å². The molecule has 0 saturated heterocycles. The SMILES string of the molecule is CC(=O)O[C@H]1CC[C@@]2(C)C(=CC[C@H]3[C@H]2CC[C@@]2(C)[C@H]3C[C@H]3CCCC[C@]32C(C)=O)C1. The fourth-order valence-electron chi connectivity index (χ4n) is 9.76. The molecule has 0 spiro atoms. The molecule has 0 aliphatic heterocycles. The van der Waals surface area contributed by atoms with Gasteiger partial charge >= 0.3 is 5.97 Å². The highest BCUT2D eigenvalue weighted by molar-refractivity contribution is 5.84. The Hall–Kier alpha value is -1.12. The van der Waals surface area contributed by atoms with Gasteiger partial charge in [0.2, 0.25) is 0 Å². The highest BCUT2D eigenvalue weighted by Crippen LogP contribution is 2.73. The Morgan fingerprint density at radius 1 is 1.00 bits per heavy atom. The Kier molecular flexibility index (Phi) is 4.80. The van der Waals surface area contributed by atoms with Crippen molar-refractivity contribution in [2.75, 3.05) is 0 Å². The first-order valence-electron chi connectivity index (χ1n) is 12.6. The van der Waals surface area contributed by atoms with Gasteiger partial charge in [-0.2, -0.15) is 0 Å². The molecule has 166 valence electrons. The van der Waals surface area contributed by atoms with Gasteiger partial charge in [-0.1, -0.05) is 38.3 Å². The van der Waals surface area contributed by atoms with Gasteiger partial charge in [-0.25, -0.2) is 0 Å². The molecule has 0 N–H and O–H groups in total. The Bertz CT molecular complexity index is 783. The molecule has 0 aromatic heterocycles. The summed E-state index contributed by atoms with van der Waals surface area (Å²) >= 11 is 0. The van der Waals surface area contributed by atoms with E-state index in [9.17, 15) is 9.59 Å². The summed E-state index contributed by atoms with van der Waals surface area (Å²) in [5.41, 5.74) is 1.97. The lowest BCUT2D eigenvalue weighted by atomic mass is 9.44. The number of carbonyl (C=O) groups excluding carboxylic acids is 2. The maximum Gasteiger partial charge on any atom is 0.302 e. The summed E-state index contributed by atoms with van der Waals surface area (Å²) in [5, 5.41) is 0. The molecule has 8 atom stereocenters. The molecule has 5 aliphatic rings. The topological polar surface area (TPSA) is 43.4 Å². The van der Waals surface area contributed by atoms with Gasteiger partial charge in [0, 0.05) is 18.8 Å². The molecule has 5 rings (SSSR count). The van der Waals surface area contributed by atoms with E-state index < -0.39 is 0 Å². The van der Waals surface area contributed by atoms with Crippen molar-refractivity contribution in [2.45, 2.75) is 104 Å². The number of hydrogen-bond acceptors (Lipinski definition) is 3. The van der Waals surface area contributed by atoms with Gasteiger partial charge in [-0.05, 0) is 92.8 Å². The van der Waals surface area contributed by atoms with Gasteiger partial charge in [0.15, 0.2) is 0 Å². The van der Waals surface area contributed by atoms with Crippen LogP contribution in [0.5, 0.6) is 0 Å². The van der Waals surface area contributed by atoms with Crippen LogP contribution < -0.4 is 0 Å². The smallest absolute Gasteiger partial charge is 0.302 e. The minimum atomic E-state index is -0.144. The van der Waals surface area contributed by atoms with E-state index in [1.54, 1.807) is 5.57 Å². The van der Waals surface area contributed by atoms with Gasteiger partial charge in [-0.3, -0.25) is 9.59 Å². The number of esters is 1. The van der Waals surface area contributed by atoms with Gasteiger partial charge in [-0.15, -0.1) is 0 Å². The minimum Gasteiger partial charge on any atom is -0.462 e. The van der Waals surface area contributed by atoms with E-state index in [1.165, 1.54) is 51.9 Å². The van der Waals surface area contributed by atoms with Crippen molar-refractivity contribution < 1.29 is 14.3 Å². The maximum absolute atomic E-state index is 13.2. The third kappa shape index (κ3) is 2.62. The van der Waals surface area contributed by atoms with Crippen LogP contribution in [0.2, 0.25) is 0 Å². The fraction of sp³-hybridized carbons (Fsp3) is 0.852. The molecule has 5 aliphatic carbocycles. The first-order chi connectivity index (χ1) is 14.2. The zero-order valence-electron chi connectivity index (χ0n) is 19.5. The van der Waals surface area contributed by atoms with E-state index in [1.807, 2.05) is 6.92 Å². The van der Waals surface area contributed by atoms with Crippen molar-refractivity contribution in [3.05, 3.63) is 11.6 Å². The van der Waals surface area contributed by atoms with Crippen molar-refractivity contribution >= 4 is 11.8 Å². The molecule has 4 fully saturated rings. The van der Waals surface area contributed by atoms with E-state index in [0.29, 0.717) is 17.6 Å². The lowest BCUT2D eigenvalue weighted by molar-refractivity contribution is -0.151. The molecular weight excluding hydrogens is 372 g/mol. The predicted octanol–water partition coefficient (Wildman–Crippen LogP) is 6.26. The third-order valence-electron chi connectivity index (χ3n) is 11.0. The van der Waals surface area contributed by atoms with Crippen LogP contribution in [0.15, 0.2) is 11.6 Å². The second-order valence-corrected chi connectivity index (χ2v) is 11.9. The number of fused-ring (bicyclic) bond motifs is 7. The highest BCUT2D eigenvalue weighted by atomic mass is 16.5. The average molecular weight is 413 g/mol. The number of allylic oxidation sites excluding steroid dienone is 1. The van der Waals surface area contributed by atoms with Gasteiger partial charge < -0.3 is 4.74 Å². The minimum absolute atomic E-state index is 0.0429. The van der Waals surface area contributed by atoms with E-state index in [4.69, 9.17) is 4.74 Å². The molecule has 0 aromatic rings. The molecule has 0 bridgehead atoms. The molecule has 3 nitrogen and oxygen atoms in total. The lowest BCUT2D eigenvalue weighted by Crippen LogP contribution is -2.55. The average Bonchev–Trinajstić information content (AvgIpc) is 2.98. The maximum atomic E-state index is 13.2. The first kappa shape index (κ1) is 20.8. The Balaban J connectivity index is 1.46. The highest BCUT2D eigenvalue weighted by Gasteiger charge is 2.68. The predicted molar refractivity (Wildman–Crippen MR) is 118 cm³/mol. The Labute approximate surface area is 182 Å². The van der Waals surface area contributed by atoms with Crippen LogP contribution in [0.25, 0.3) is 0 Å². The lowest BCUT2D eigenvalue weighted by Gasteiger charge is -2.60. The van der Waals surface area contributed by atoms with Crippen LogP contribution in [-0.4, -0.2) is 17.9 Å². The quantitative estimate of drug-likeness (QED) is 0.397. The number of Topliss-reactive ketones (excluding diaryl/α,β-unsaturated/α-hetero) is 1. The molecule has 0 radical (unpaired) electrons. The Morgan fingerprint density at radius 3 is 2.53 bits per heavy atom. The summed E-state index contributed by atoms with van der Waals surface area (Å²) in [6.45, 7) is 8.46. The van der Waals surface area contributed by atoms with E-state index in [0.717, 1.165) is 37.5 Å². The van der Waals surface area contributed by atoms with Crippen molar-refractivity contribution in [3.8, 4) is 0 Å². The standard InChI is InChI=1S/C27H40O3/c1-17(28)27-12-6-5-7-20(27)16-24-22-9-8-19-15-21(30-18(2)29)10-13-25(19,3)23(22)11-14-26(24,27)4/h8,20-24H,5-7,9-16H2,1-4H3/t20-,21+,22+,23-,24+,25+,26+,27+/m1/s1. The molecular formula is C27H40O3. The van der Waals surface area contributed by atoms with Gasteiger partial charge in [0.1, 0.15) is 11.9 Å². The molecule has 0 heterocycles. The number of carbonyl (C=O) groups is 2. The van der Waals surface area contributed by atoms with Crippen molar-refractivity contribution in [2.24, 2.45) is 39.9 Å². The molecule has 0 aromatic carbocycles. The second kappa shape index (κ2) is 6.94. The van der Waals surface area contributed by atoms with E-state index >= 15 is 0 Å². The van der Waals surface area contributed by atoms with Crippen LogP contribution in [0.4, 0.5) is 0 Å². The zero-order valence-corrected chi connectivity index (χ0v) is 19.5. The normalized spacial score (nSPS) is 49.7. The molecule has 30 heavy (non-hydrogen) atoms. The first-order valence-corrected chi connectivity index (χ1v) is 12.6. The zero-order chi connectivity index (χ0) is 21.3. The number of rotatable bonds is 2. The van der Waals surface area contributed by atoms with Crippen LogP contribution in [-0.2, 0) is 14.3 Å².